The van der Waals surface area contributed by atoms with Crippen molar-refractivity contribution in [1.82, 2.24) is 15.1 Å². The molecule has 1 N–H and O–H groups in total. The third kappa shape index (κ3) is 4.76. The summed E-state index contributed by atoms with van der Waals surface area (Å²) in [6, 6.07) is 0.105. The molecule has 3 aliphatic rings. The second kappa shape index (κ2) is 8.42. The van der Waals surface area contributed by atoms with E-state index in [1.54, 1.807) is 0 Å². The minimum absolute atomic E-state index is 0. The van der Waals surface area contributed by atoms with Crippen molar-refractivity contribution in [3.8, 4) is 0 Å². The molecule has 1 aliphatic carbocycles. The summed E-state index contributed by atoms with van der Waals surface area (Å²) in [5.41, 5.74) is 0. The van der Waals surface area contributed by atoms with Crippen LogP contribution in [0.1, 0.15) is 32.1 Å². The molecule has 0 unspecified atom stereocenters. The summed E-state index contributed by atoms with van der Waals surface area (Å²) in [7, 11) is 0. The molecular formula is C14H27Cl2N3O. The second-order valence-corrected chi connectivity index (χ2v) is 6.07. The Morgan fingerprint density at radius 3 is 2.25 bits per heavy atom. The number of rotatable bonds is 3. The lowest BCUT2D eigenvalue weighted by Gasteiger charge is -2.37. The summed E-state index contributed by atoms with van der Waals surface area (Å²) >= 11 is 0. The monoisotopic (exact) mass is 323 g/mol. The van der Waals surface area contributed by atoms with Gasteiger partial charge in [0, 0.05) is 32.7 Å². The topological polar surface area (TPSA) is 35.6 Å². The van der Waals surface area contributed by atoms with Gasteiger partial charge in [0.2, 0.25) is 5.91 Å². The molecule has 0 aromatic heterocycles. The van der Waals surface area contributed by atoms with Crippen LogP contribution in [0.25, 0.3) is 0 Å². The van der Waals surface area contributed by atoms with E-state index in [1.807, 2.05) is 0 Å². The fourth-order valence-corrected chi connectivity index (χ4v) is 3.10. The lowest BCUT2D eigenvalue weighted by Crippen LogP contribution is -2.55. The first-order valence-corrected chi connectivity index (χ1v) is 7.57. The number of nitrogens with zero attached hydrogens (tertiary/aromatic N) is 2. The van der Waals surface area contributed by atoms with Gasteiger partial charge < -0.3 is 10.2 Å². The van der Waals surface area contributed by atoms with E-state index in [0.29, 0.717) is 5.91 Å². The largest absolute Gasteiger partial charge is 0.339 e. The highest BCUT2D eigenvalue weighted by molar-refractivity contribution is 5.85. The summed E-state index contributed by atoms with van der Waals surface area (Å²) in [6.45, 7) is 6.30. The molecule has 6 heteroatoms. The molecular weight excluding hydrogens is 297 g/mol. The van der Waals surface area contributed by atoms with Gasteiger partial charge in [-0.3, -0.25) is 9.69 Å². The Kier molecular flexibility index (Phi) is 7.59. The van der Waals surface area contributed by atoms with E-state index >= 15 is 0 Å². The zero-order chi connectivity index (χ0) is 12.4. The first kappa shape index (κ1) is 18.0. The molecule has 0 radical (unpaired) electrons. The van der Waals surface area contributed by atoms with Crippen molar-refractivity contribution in [3.63, 3.8) is 0 Å². The van der Waals surface area contributed by atoms with Gasteiger partial charge in [-0.2, -0.15) is 0 Å². The predicted molar refractivity (Wildman–Crippen MR) is 85.9 cm³/mol. The molecule has 4 nitrogen and oxygen atoms in total. The van der Waals surface area contributed by atoms with Crippen molar-refractivity contribution in [2.24, 2.45) is 5.92 Å². The van der Waals surface area contributed by atoms with Crippen LogP contribution in [0.5, 0.6) is 0 Å². The fraction of sp³-hybridized carbons (Fsp3) is 0.929. The molecule has 3 fully saturated rings. The Morgan fingerprint density at radius 1 is 1.00 bits per heavy atom. The Bertz CT molecular complexity index is 299. The number of halogens is 2. The van der Waals surface area contributed by atoms with Crippen LogP contribution in [0.2, 0.25) is 0 Å². The van der Waals surface area contributed by atoms with Crippen molar-refractivity contribution in [2.75, 3.05) is 39.3 Å². The van der Waals surface area contributed by atoms with Gasteiger partial charge >= 0.3 is 0 Å². The minimum Gasteiger partial charge on any atom is -0.339 e. The summed E-state index contributed by atoms with van der Waals surface area (Å²) in [6.07, 6.45) is 6.29. The van der Waals surface area contributed by atoms with Crippen molar-refractivity contribution >= 4 is 30.7 Å². The lowest BCUT2D eigenvalue weighted by molar-refractivity contribution is -0.135. The van der Waals surface area contributed by atoms with Gasteiger partial charge in [-0.05, 0) is 38.1 Å². The summed E-state index contributed by atoms with van der Waals surface area (Å²) < 4.78 is 0. The second-order valence-electron chi connectivity index (χ2n) is 6.07. The van der Waals surface area contributed by atoms with Crippen LogP contribution >= 0.6 is 24.8 Å². The van der Waals surface area contributed by atoms with Crippen LogP contribution in [-0.4, -0.2) is 61.0 Å². The first-order valence-electron chi connectivity index (χ1n) is 7.57. The molecule has 0 aromatic carbocycles. The maximum atomic E-state index is 12.3. The molecule has 2 heterocycles. The zero-order valence-corrected chi connectivity index (χ0v) is 13.7. The number of piperidine rings is 1. The van der Waals surface area contributed by atoms with E-state index in [9.17, 15) is 4.79 Å². The zero-order valence-electron chi connectivity index (χ0n) is 12.1. The van der Waals surface area contributed by atoms with Crippen LogP contribution in [0.15, 0.2) is 0 Å². The summed E-state index contributed by atoms with van der Waals surface area (Å²) in [4.78, 5) is 17.0. The van der Waals surface area contributed by atoms with Gasteiger partial charge in [0.1, 0.15) is 0 Å². The van der Waals surface area contributed by atoms with E-state index in [0.717, 1.165) is 45.1 Å². The molecule has 1 atom stereocenters. The number of hydrogen-bond donors (Lipinski definition) is 1. The quantitative estimate of drug-likeness (QED) is 0.855. The smallest absolute Gasteiger partial charge is 0.239 e. The van der Waals surface area contributed by atoms with Crippen LogP contribution in [0.4, 0.5) is 0 Å². The van der Waals surface area contributed by atoms with E-state index in [4.69, 9.17) is 0 Å². The standard InChI is InChI=1S/C14H25N3O.2ClH/c18-14(13-3-1-2-6-15-13)17-9-7-16(8-10-17)11-12-4-5-12;;/h12-13,15H,1-11H2;2*1H/t13-;;/m1../s1. The van der Waals surface area contributed by atoms with Crippen molar-refractivity contribution in [2.45, 2.75) is 38.1 Å². The number of carbonyl (C=O) groups is 1. The Balaban J connectivity index is 0.000001000. The molecule has 2 saturated heterocycles. The van der Waals surface area contributed by atoms with Gasteiger partial charge in [-0.15, -0.1) is 24.8 Å². The predicted octanol–water partition coefficient (Wildman–Crippen LogP) is 1.53. The van der Waals surface area contributed by atoms with Gasteiger partial charge in [-0.25, -0.2) is 0 Å². The number of piperazine rings is 1. The Morgan fingerprint density at radius 2 is 1.70 bits per heavy atom. The number of nitrogens with one attached hydrogen (secondary N) is 1. The van der Waals surface area contributed by atoms with Gasteiger partial charge in [0.05, 0.1) is 6.04 Å². The number of hydrogen-bond acceptors (Lipinski definition) is 3. The number of amides is 1. The van der Waals surface area contributed by atoms with Crippen LogP contribution in [0.3, 0.4) is 0 Å². The molecule has 118 valence electrons. The fourth-order valence-electron chi connectivity index (χ4n) is 3.10. The van der Waals surface area contributed by atoms with Crippen molar-refractivity contribution in [1.29, 1.82) is 0 Å². The lowest BCUT2D eigenvalue weighted by atomic mass is 10.0. The molecule has 0 aromatic rings. The SMILES string of the molecule is Cl.Cl.O=C([C@H]1CCCCN1)N1CCN(CC2CC2)CC1. The van der Waals surface area contributed by atoms with Gasteiger partial charge in [-0.1, -0.05) is 6.42 Å². The average molecular weight is 324 g/mol. The third-order valence-corrected chi connectivity index (χ3v) is 4.51. The van der Waals surface area contributed by atoms with Crippen molar-refractivity contribution in [3.05, 3.63) is 0 Å². The highest BCUT2D eigenvalue weighted by Gasteiger charge is 2.30. The van der Waals surface area contributed by atoms with Crippen LogP contribution in [-0.2, 0) is 4.79 Å². The molecule has 20 heavy (non-hydrogen) atoms. The molecule has 2 aliphatic heterocycles. The Hall–Kier alpha value is -0.0300. The third-order valence-electron chi connectivity index (χ3n) is 4.51. The summed E-state index contributed by atoms with van der Waals surface area (Å²) in [5, 5.41) is 3.36. The van der Waals surface area contributed by atoms with Gasteiger partial charge in [0.15, 0.2) is 0 Å². The molecule has 3 rings (SSSR count). The molecule has 0 spiro atoms. The maximum absolute atomic E-state index is 12.3. The number of carbonyl (C=O) groups excluding carboxylic acids is 1. The summed E-state index contributed by atoms with van der Waals surface area (Å²) in [5.74, 6) is 1.31. The highest BCUT2D eigenvalue weighted by atomic mass is 35.5. The highest BCUT2D eigenvalue weighted by Crippen LogP contribution is 2.29. The van der Waals surface area contributed by atoms with Crippen molar-refractivity contribution < 1.29 is 4.79 Å². The van der Waals surface area contributed by atoms with E-state index in [-0.39, 0.29) is 30.9 Å². The normalized spacial score (nSPS) is 27.4. The Labute approximate surface area is 134 Å². The maximum Gasteiger partial charge on any atom is 0.239 e. The van der Waals surface area contributed by atoms with Crippen LogP contribution in [0, 0.1) is 5.92 Å². The molecule has 1 saturated carbocycles. The van der Waals surface area contributed by atoms with E-state index < -0.39 is 0 Å². The molecule has 1 amide bonds. The van der Waals surface area contributed by atoms with Crippen LogP contribution < -0.4 is 5.32 Å². The first-order chi connectivity index (χ1) is 8.83. The van der Waals surface area contributed by atoms with Gasteiger partial charge in [0.25, 0.3) is 0 Å². The minimum atomic E-state index is 0. The van der Waals surface area contributed by atoms with E-state index in [1.165, 1.54) is 32.2 Å². The molecule has 0 bridgehead atoms. The average Bonchev–Trinajstić information content (AvgIpc) is 3.24. The van der Waals surface area contributed by atoms with E-state index in [2.05, 4.69) is 15.1 Å².